The van der Waals surface area contributed by atoms with Crippen LogP contribution in [0.5, 0.6) is 0 Å². The maximum atomic E-state index is 10.6. The SMILES string of the molecule is COC(=O)C=CNC1CCCC1. The minimum Gasteiger partial charge on any atom is -0.466 e. The molecule has 1 saturated carbocycles. The number of carbonyl (C=O) groups excluding carboxylic acids is 1. The van der Waals surface area contributed by atoms with Crippen molar-refractivity contribution in [1.29, 1.82) is 0 Å². The summed E-state index contributed by atoms with van der Waals surface area (Å²) in [6.07, 6.45) is 8.12. The molecule has 1 aliphatic carbocycles. The fourth-order valence-electron chi connectivity index (χ4n) is 1.41. The van der Waals surface area contributed by atoms with Gasteiger partial charge in [-0.2, -0.15) is 0 Å². The molecule has 1 rings (SSSR count). The predicted octanol–water partition coefficient (Wildman–Crippen LogP) is 1.21. The highest BCUT2D eigenvalue weighted by molar-refractivity contribution is 5.81. The number of hydrogen-bond donors (Lipinski definition) is 1. The van der Waals surface area contributed by atoms with E-state index in [1.807, 2.05) is 0 Å². The van der Waals surface area contributed by atoms with E-state index in [1.165, 1.54) is 38.9 Å². The van der Waals surface area contributed by atoms with Crippen LogP contribution in [0.15, 0.2) is 12.3 Å². The van der Waals surface area contributed by atoms with Crippen molar-refractivity contribution in [2.45, 2.75) is 31.7 Å². The summed E-state index contributed by atoms with van der Waals surface area (Å²) in [4.78, 5) is 10.6. The average molecular weight is 169 g/mol. The van der Waals surface area contributed by atoms with Crippen LogP contribution in [-0.2, 0) is 9.53 Å². The second-order valence-corrected chi connectivity index (χ2v) is 3.00. The van der Waals surface area contributed by atoms with Gasteiger partial charge in [0, 0.05) is 18.3 Å². The third-order valence-electron chi connectivity index (χ3n) is 2.11. The van der Waals surface area contributed by atoms with Gasteiger partial charge in [0.2, 0.25) is 0 Å². The third kappa shape index (κ3) is 2.95. The average Bonchev–Trinajstić information content (AvgIpc) is 2.57. The smallest absolute Gasteiger partial charge is 0.331 e. The molecule has 0 amide bonds. The van der Waals surface area contributed by atoms with Crippen molar-refractivity contribution in [3.8, 4) is 0 Å². The molecule has 0 aliphatic heterocycles. The fourth-order valence-corrected chi connectivity index (χ4v) is 1.41. The molecule has 1 fully saturated rings. The Bertz CT molecular complexity index is 171. The van der Waals surface area contributed by atoms with Crippen molar-refractivity contribution >= 4 is 5.97 Å². The van der Waals surface area contributed by atoms with Crippen LogP contribution in [0.25, 0.3) is 0 Å². The van der Waals surface area contributed by atoms with Gasteiger partial charge in [-0.25, -0.2) is 4.79 Å². The normalized spacial score (nSPS) is 18.4. The molecule has 0 heterocycles. The number of hydrogen-bond acceptors (Lipinski definition) is 3. The van der Waals surface area contributed by atoms with Gasteiger partial charge in [0.1, 0.15) is 0 Å². The van der Waals surface area contributed by atoms with E-state index in [1.54, 1.807) is 6.20 Å². The van der Waals surface area contributed by atoms with Crippen LogP contribution >= 0.6 is 0 Å². The first-order valence-corrected chi connectivity index (χ1v) is 4.33. The summed E-state index contributed by atoms with van der Waals surface area (Å²) < 4.78 is 4.45. The maximum Gasteiger partial charge on any atom is 0.331 e. The number of methoxy groups -OCH3 is 1. The highest BCUT2D eigenvalue weighted by Crippen LogP contribution is 2.17. The molecule has 0 bridgehead atoms. The van der Waals surface area contributed by atoms with E-state index in [0.717, 1.165) is 0 Å². The number of rotatable bonds is 3. The minimum atomic E-state index is -0.305. The van der Waals surface area contributed by atoms with Crippen molar-refractivity contribution in [2.75, 3.05) is 7.11 Å². The van der Waals surface area contributed by atoms with E-state index in [2.05, 4.69) is 10.1 Å². The zero-order valence-corrected chi connectivity index (χ0v) is 7.38. The molecule has 0 aromatic rings. The molecule has 12 heavy (non-hydrogen) atoms. The van der Waals surface area contributed by atoms with Gasteiger partial charge in [-0.3, -0.25) is 0 Å². The summed E-state index contributed by atoms with van der Waals surface area (Å²) in [7, 11) is 1.38. The van der Waals surface area contributed by atoms with Crippen LogP contribution in [0.1, 0.15) is 25.7 Å². The van der Waals surface area contributed by atoms with Crippen molar-refractivity contribution in [3.05, 3.63) is 12.3 Å². The summed E-state index contributed by atoms with van der Waals surface area (Å²) >= 11 is 0. The summed E-state index contributed by atoms with van der Waals surface area (Å²) in [5.41, 5.74) is 0. The lowest BCUT2D eigenvalue weighted by Gasteiger charge is -2.07. The van der Waals surface area contributed by atoms with Gasteiger partial charge < -0.3 is 10.1 Å². The Morgan fingerprint density at radius 2 is 2.17 bits per heavy atom. The number of esters is 1. The van der Waals surface area contributed by atoms with Crippen LogP contribution in [0.2, 0.25) is 0 Å². The van der Waals surface area contributed by atoms with Gasteiger partial charge in [-0.15, -0.1) is 0 Å². The third-order valence-corrected chi connectivity index (χ3v) is 2.11. The van der Waals surface area contributed by atoms with Gasteiger partial charge in [-0.1, -0.05) is 12.8 Å². The molecule has 0 aromatic heterocycles. The van der Waals surface area contributed by atoms with Gasteiger partial charge >= 0.3 is 5.97 Å². The van der Waals surface area contributed by atoms with Crippen LogP contribution < -0.4 is 5.32 Å². The Morgan fingerprint density at radius 1 is 1.50 bits per heavy atom. The molecular weight excluding hydrogens is 154 g/mol. The lowest BCUT2D eigenvalue weighted by atomic mass is 10.2. The lowest BCUT2D eigenvalue weighted by molar-refractivity contribution is -0.134. The zero-order chi connectivity index (χ0) is 8.81. The quantitative estimate of drug-likeness (QED) is 0.509. The zero-order valence-electron chi connectivity index (χ0n) is 7.38. The Morgan fingerprint density at radius 3 is 2.75 bits per heavy atom. The molecule has 0 unspecified atom stereocenters. The number of carbonyl (C=O) groups is 1. The van der Waals surface area contributed by atoms with Crippen LogP contribution in [0, 0.1) is 0 Å². The molecule has 1 N–H and O–H groups in total. The van der Waals surface area contributed by atoms with Gasteiger partial charge in [0.05, 0.1) is 7.11 Å². The topological polar surface area (TPSA) is 38.3 Å². The van der Waals surface area contributed by atoms with Gasteiger partial charge in [-0.05, 0) is 12.8 Å². The highest BCUT2D eigenvalue weighted by atomic mass is 16.5. The van der Waals surface area contributed by atoms with Crippen molar-refractivity contribution < 1.29 is 9.53 Å². The molecule has 0 atom stereocenters. The Hall–Kier alpha value is -0.990. The summed E-state index contributed by atoms with van der Waals surface area (Å²) in [6.45, 7) is 0. The first-order chi connectivity index (χ1) is 5.83. The molecule has 0 spiro atoms. The second-order valence-electron chi connectivity index (χ2n) is 3.00. The molecule has 3 nitrogen and oxygen atoms in total. The van der Waals surface area contributed by atoms with E-state index in [9.17, 15) is 4.79 Å². The van der Waals surface area contributed by atoms with Crippen LogP contribution in [0.4, 0.5) is 0 Å². The lowest BCUT2D eigenvalue weighted by Crippen LogP contribution is -2.20. The second kappa shape index (κ2) is 4.80. The monoisotopic (exact) mass is 169 g/mol. The maximum absolute atomic E-state index is 10.6. The largest absolute Gasteiger partial charge is 0.466 e. The van der Waals surface area contributed by atoms with E-state index in [-0.39, 0.29) is 5.97 Å². The molecule has 68 valence electrons. The molecule has 0 saturated heterocycles. The van der Waals surface area contributed by atoms with E-state index >= 15 is 0 Å². The summed E-state index contributed by atoms with van der Waals surface area (Å²) in [5, 5.41) is 3.17. The number of ether oxygens (including phenoxy) is 1. The Kier molecular flexibility index (Phi) is 3.64. The minimum absolute atomic E-state index is 0.305. The van der Waals surface area contributed by atoms with Crippen molar-refractivity contribution in [3.63, 3.8) is 0 Å². The molecule has 1 aliphatic rings. The molecule has 0 radical (unpaired) electrons. The standard InChI is InChI=1S/C9H15NO2/c1-12-9(11)6-7-10-8-4-2-3-5-8/h6-8,10H,2-5H2,1H3. The fraction of sp³-hybridized carbons (Fsp3) is 0.667. The molecule has 0 aromatic carbocycles. The van der Waals surface area contributed by atoms with Gasteiger partial charge in [0.25, 0.3) is 0 Å². The van der Waals surface area contributed by atoms with E-state index < -0.39 is 0 Å². The number of nitrogens with one attached hydrogen (secondary N) is 1. The summed E-state index contributed by atoms with van der Waals surface area (Å²) in [5.74, 6) is -0.305. The van der Waals surface area contributed by atoms with Crippen molar-refractivity contribution in [2.24, 2.45) is 0 Å². The summed E-state index contributed by atoms with van der Waals surface area (Å²) in [6, 6.07) is 0.561. The predicted molar refractivity (Wildman–Crippen MR) is 46.5 cm³/mol. The first kappa shape index (κ1) is 9.10. The Labute approximate surface area is 72.8 Å². The van der Waals surface area contributed by atoms with Crippen LogP contribution in [0.3, 0.4) is 0 Å². The Balaban J connectivity index is 2.15. The van der Waals surface area contributed by atoms with Crippen LogP contribution in [-0.4, -0.2) is 19.1 Å². The highest BCUT2D eigenvalue weighted by Gasteiger charge is 2.12. The molecular formula is C9H15NO2. The van der Waals surface area contributed by atoms with E-state index in [0.29, 0.717) is 6.04 Å². The molecule has 3 heteroatoms. The van der Waals surface area contributed by atoms with Crippen molar-refractivity contribution in [1.82, 2.24) is 5.32 Å². The van der Waals surface area contributed by atoms with Gasteiger partial charge in [0.15, 0.2) is 0 Å². The van der Waals surface area contributed by atoms with E-state index in [4.69, 9.17) is 0 Å². The first-order valence-electron chi connectivity index (χ1n) is 4.33.